The molecule has 2 rings (SSSR count). The van der Waals surface area contributed by atoms with Crippen molar-refractivity contribution in [3.63, 3.8) is 0 Å². The molecule has 2 aromatic rings. The van der Waals surface area contributed by atoms with E-state index in [1.165, 1.54) is 0 Å². The third-order valence-corrected chi connectivity index (χ3v) is 2.13. The van der Waals surface area contributed by atoms with E-state index in [4.69, 9.17) is 10.3 Å². The highest BCUT2D eigenvalue weighted by Gasteiger charge is 2.14. The fourth-order valence-corrected chi connectivity index (χ4v) is 1.26. The van der Waals surface area contributed by atoms with E-state index in [-0.39, 0.29) is 6.04 Å². The lowest BCUT2D eigenvalue weighted by atomic mass is 10.1. The fourth-order valence-electron chi connectivity index (χ4n) is 1.26. The van der Waals surface area contributed by atoms with Crippen LogP contribution < -0.4 is 5.73 Å². The number of aryl methyl sites for hydroxylation is 1. The van der Waals surface area contributed by atoms with Gasteiger partial charge in [0.2, 0.25) is 5.89 Å². The first-order chi connectivity index (χ1) is 7.31. The van der Waals surface area contributed by atoms with Crippen molar-refractivity contribution in [2.24, 2.45) is 5.73 Å². The molecule has 0 amide bonds. The molecule has 5 heteroatoms. The Morgan fingerprint density at radius 2 is 2.13 bits per heavy atom. The summed E-state index contributed by atoms with van der Waals surface area (Å²) < 4.78 is 5.00. The third-order valence-electron chi connectivity index (χ3n) is 2.13. The topological polar surface area (TPSA) is 77.8 Å². The van der Waals surface area contributed by atoms with Crippen molar-refractivity contribution in [2.45, 2.75) is 19.4 Å². The number of nitrogens with zero attached hydrogens (tertiary/aromatic N) is 3. The lowest BCUT2D eigenvalue weighted by Crippen LogP contribution is -2.13. The molecule has 0 bridgehead atoms. The third kappa shape index (κ3) is 2.02. The quantitative estimate of drug-likeness (QED) is 0.809. The van der Waals surface area contributed by atoms with Crippen molar-refractivity contribution in [1.82, 2.24) is 15.1 Å². The number of pyridine rings is 1. The van der Waals surface area contributed by atoms with Crippen LogP contribution in [0.15, 0.2) is 29.0 Å². The Morgan fingerprint density at radius 1 is 1.40 bits per heavy atom. The average Bonchev–Trinajstić information content (AvgIpc) is 2.78. The predicted molar refractivity (Wildman–Crippen MR) is 53.9 cm³/mol. The summed E-state index contributed by atoms with van der Waals surface area (Å²) in [6.07, 6.45) is 4.10. The molecule has 2 N–H and O–H groups in total. The van der Waals surface area contributed by atoms with Gasteiger partial charge in [-0.2, -0.15) is 4.98 Å². The van der Waals surface area contributed by atoms with E-state index in [1.807, 2.05) is 19.1 Å². The van der Waals surface area contributed by atoms with E-state index in [2.05, 4.69) is 15.1 Å². The summed E-state index contributed by atoms with van der Waals surface area (Å²) in [6.45, 7) is 1.95. The number of nitrogens with two attached hydrogens (primary N) is 1. The minimum atomic E-state index is -0.350. The second-order valence-corrected chi connectivity index (χ2v) is 3.16. The molecule has 15 heavy (non-hydrogen) atoms. The predicted octanol–water partition coefficient (Wildman–Crippen LogP) is 1.08. The second kappa shape index (κ2) is 4.18. The zero-order chi connectivity index (χ0) is 10.7. The smallest absolute Gasteiger partial charge is 0.226 e. The molecule has 0 saturated heterocycles. The van der Waals surface area contributed by atoms with E-state index in [9.17, 15) is 0 Å². The molecule has 0 aromatic carbocycles. The van der Waals surface area contributed by atoms with E-state index < -0.39 is 0 Å². The monoisotopic (exact) mass is 204 g/mol. The van der Waals surface area contributed by atoms with Crippen LogP contribution in [0.4, 0.5) is 0 Å². The van der Waals surface area contributed by atoms with Gasteiger partial charge in [-0.25, -0.2) is 0 Å². The Balaban J connectivity index is 2.24. The van der Waals surface area contributed by atoms with Gasteiger partial charge in [-0.15, -0.1) is 0 Å². The number of aromatic nitrogens is 3. The lowest BCUT2D eigenvalue weighted by molar-refractivity contribution is 0.375. The molecule has 5 nitrogen and oxygen atoms in total. The SMILES string of the molecule is CCc1nc([C@@H](N)c2ccncc2)no1. The van der Waals surface area contributed by atoms with E-state index in [1.54, 1.807) is 12.4 Å². The first-order valence-electron chi connectivity index (χ1n) is 4.79. The molecule has 78 valence electrons. The van der Waals surface area contributed by atoms with E-state index in [0.717, 1.165) is 12.0 Å². The maximum atomic E-state index is 5.97. The summed E-state index contributed by atoms with van der Waals surface area (Å²) in [5, 5.41) is 3.83. The van der Waals surface area contributed by atoms with Gasteiger partial charge in [-0.05, 0) is 17.7 Å². The Kier molecular flexibility index (Phi) is 2.73. The van der Waals surface area contributed by atoms with Crippen molar-refractivity contribution >= 4 is 0 Å². The molecule has 0 radical (unpaired) electrons. The standard InChI is InChI=1S/C10H12N4O/c1-2-8-13-10(14-15-8)9(11)7-3-5-12-6-4-7/h3-6,9H,2,11H2,1H3/t9-/m0/s1. The van der Waals surface area contributed by atoms with Crippen LogP contribution >= 0.6 is 0 Å². The lowest BCUT2D eigenvalue weighted by Gasteiger charge is -2.05. The van der Waals surface area contributed by atoms with Gasteiger partial charge in [-0.3, -0.25) is 4.98 Å². The molecule has 0 aliphatic carbocycles. The summed E-state index contributed by atoms with van der Waals surface area (Å²) >= 11 is 0. The first kappa shape index (κ1) is 9.79. The van der Waals surface area contributed by atoms with E-state index in [0.29, 0.717) is 11.7 Å². The maximum Gasteiger partial charge on any atom is 0.226 e. The van der Waals surface area contributed by atoms with Gasteiger partial charge in [0.1, 0.15) is 0 Å². The van der Waals surface area contributed by atoms with Gasteiger partial charge in [0, 0.05) is 18.8 Å². The Morgan fingerprint density at radius 3 is 2.73 bits per heavy atom. The minimum absolute atomic E-state index is 0.350. The van der Waals surface area contributed by atoms with Crippen molar-refractivity contribution in [1.29, 1.82) is 0 Å². The van der Waals surface area contributed by atoms with Crippen LogP contribution in [0.2, 0.25) is 0 Å². The molecule has 0 aliphatic heterocycles. The zero-order valence-corrected chi connectivity index (χ0v) is 8.42. The summed E-state index contributed by atoms with van der Waals surface area (Å²) in [7, 11) is 0. The summed E-state index contributed by atoms with van der Waals surface area (Å²) in [4.78, 5) is 8.10. The second-order valence-electron chi connectivity index (χ2n) is 3.16. The van der Waals surface area contributed by atoms with Crippen LogP contribution in [0.1, 0.15) is 30.2 Å². The van der Waals surface area contributed by atoms with Crippen molar-refractivity contribution in [3.05, 3.63) is 41.8 Å². The minimum Gasteiger partial charge on any atom is -0.339 e. The Labute approximate surface area is 87.3 Å². The molecule has 2 heterocycles. The van der Waals surface area contributed by atoms with Crippen LogP contribution in [-0.4, -0.2) is 15.1 Å². The Bertz CT molecular complexity index is 426. The molecule has 1 atom stereocenters. The molecule has 2 aromatic heterocycles. The van der Waals surface area contributed by atoms with Gasteiger partial charge < -0.3 is 10.3 Å². The normalized spacial score (nSPS) is 12.7. The number of hydrogen-bond acceptors (Lipinski definition) is 5. The largest absolute Gasteiger partial charge is 0.339 e. The summed E-state index contributed by atoms with van der Waals surface area (Å²) in [5.74, 6) is 1.12. The highest BCUT2D eigenvalue weighted by Crippen LogP contribution is 2.15. The molecule has 0 fully saturated rings. The van der Waals surface area contributed by atoms with Crippen molar-refractivity contribution in [2.75, 3.05) is 0 Å². The highest BCUT2D eigenvalue weighted by molar-refractivity contribution is 5.20. The van der Waals surface area contributed by atoms with Crippen LogP contribution in [-0.2, 0) is 6.42 Å². The van der Waals surface area contributed by atoms with Crippen LogP contribution in [0.3, 0.4) is 0 Å². The van der Waals surface area contributed by atoms with Crippen LogP contribution in [0.25, 0.3) is 0 Å². The first-order valence-corrected chi connectivity index (χ1v) is 4.79. The molecule has 0 spiro atoms. The van der Waals surface area contributed by atoms with Gasteiger partial charge in [0.25, 0.3) is 0 Å². The number of hydrogen-bond donors (Lipinski definition) is 1. The fraction of sp³-hybridized carbons (Fsp3) is 0.300. The molecular weight excluding hydrogens is 192 g/mol. The zero-order valence-electron chi connectivity index (χ0n) is 8.42. The van der Waals surface area contributed by atoms with Crippen LogP contribution in [0, 0.1) is 0 Å². The molecule has 0 saturated carbocycles. The Hall–Kier alpha value is -1.75. The summed E-state index contributed by atoms with van der Waals surface area (Å²) in [6, 6.07) is 3.33. The highest BCUT2D eigenvalue weighted by atomic mass is 16.5. The van der Waals surface area contributed by atoms with E-state index >= 15 is 0 Å². The van der Waals surface area contributed by atoms with Gasteiger partial charge in [-0.1, -0.05) is 12.1 Å². The van der Waals surface area contributed by atoms with Crippen LogP contribution in [0.5, 0.6) is 0 Å². The van der Waals surface area contributed by atoms with Gasteiger partial charge >= 0.3 is 0 Å². The van der Waals surface area contributed by atoms with Crippen molar-refractivity contribution < 1.29 is 4.52 Å². The number of rotatable bonds is 3. The molecule has 0 unspecified atom stereocenters. The molecule has 0 aliphatic rings. The van der Waals surface area contributed by atoms with Crippen molar-refractivity contribution in [3.8, 4) is 0 Å². The van der Waals surface area contributed by atoms with Gasteiger partial charge in [0.15, 0.2) is 5.82 Å². The maximum absolute atomic E-state index is 5.97. The van der Waals surface area contributed by atoms with Gasteiger partial charge in [0.05, 0.1) is 6.04 Å². The summed E-state index contributed by atoms with van der Waals surface area (Å²) in [5.41, 5.74) is 6.90. The molecular formula is C10H12N4O. The average molecular weight is 204 g/mol.